The molecule has 0 atom stereocenters. The van der Waals surface area contributed by atoms with Crippen LogP contribution in [0.5, 0.6) is 0 Å². The monoisotopic (exact) mass is 415 g/mol. The number of aryl methyl sites for hydroxylation is 1. The van der Waals surface area contributed by atoms with E-state index in [0.717, 1.165) is 24.8 Å². The average molecular weight is 416 g/mol. The van der Waals surface area contributed by atoms with Crippen LogP contribution in [0.2, 0.25) is 0 Å². The molecule has 1 aromatic rings. The minimum Gasteiger partial charge on any atom is -0.191 e. The highest BCUT2D eigenvalue weighted by molar-refractivity contribution is 7.94. The highest BCUT2D eigenvalue weighted by atomic mass is 32.2. The molecule has 0 bridgehead atoms. The Morgan fingerprint density at radius 3 is 1.56 bits per heavy atom. The Kier molecular flexibility index (Phi) is 8.54. The zero-order chi connectivity index (χ0) is 21.0. The van der Waals surface area contributed by atoms with Crippen molar-refractivity contribution in [2.45, 2.75) is 77.8 Å². The Balaban J connectivity index is 3.36. The van der Waals surface area contributed by atoms with E-state index in [9.17, 15) is 8.42 Å². The maximum Gasteiger partial charge on any atom is 0.328 e. The Morgan fingerprint density at radius 1 is 0.852 bits per heavy atom. The molecule has 0 fully saturated rings. The molecule has 0 heterocycles. The number of benzene rings is 1. The standard InChI is InChI=1S/C22H40O3PS/c1-17(2)14-22(15-18(3)4,16-19(5)6)26(8,9)25-27(23,24)21-12-10-20(7)11-13-21/h10-13,17-19H,14-16H2,1-9H3/q+1. The van der Waals surface area contributed by atoms with Gasteiger partial charge in [0.15, 0.2) is 7.49 Å². The molecule has 0 aliphatic heterocycles. The molecule has 27 heavy (non-hydrogen) atoms. The molecule has 0 radical (unpaired) electrons. The first kappa shape index (κ1) is 24.6. The van der Waals surface area contributed by atoms with Gasteiger partial charge in [0.1, 0.15) is 5.16 Å². The third-order valence-electron chi connectivity index (χ3n) is 5.10. The summed E-state index contributed by atoms with van der Waals surface area (Å²) in [5.74, 6) is 1.48. The molecule has 0 amide bonds. The lowest BCUT2D eigenvalue weighted by Gasteiger charge is -2.42. The number of hydrogen-bond acceptors (Lipinski definition) is 3. The topological polar surface area (TPSA) is 43.4 Å². The minimum atomic E-state index is -3.78. The summed E-state index contributed by atoms with van der Waals surface area (Å²) in [6, 6.07) is 6.95. The Labute approximate surface area is 168 Å². The van der Waals surface area contributed by atoms with E-state index in [-0.39, 0.29) is 10.1 Å². The van der Waals surface area contributed by atoms with E-state index >= 15 is 0 Å². The second-order valence-electron chi connectivity index (χ2n) is 9.71. The summed E-state index contributed by atoms with van der Waals surface area (Å²) in [7, 11) is -6.01. The summed E-state index contributed by atoms with van der Waals surface area (Å²) in [6.45, 7) is 19.5. The van der Waals surface area contributed by atoms with Gasteiger partial charge in [0.25, 0.3) is 0 Å². The molecule has 0 spiro atoms. The molecule has 156 valence electrons. The molecule has 1 rings (SSSR count). The van der Waals surface area contributed by atoms with Crippen LogP contribution in [-0.2, 0) is 14.1 Å². The highest BCUT2D eigenvalue weighted by Gasteiger charge is 2.56. The van der Waals surface area contributed by atoms with Crippen molar-refractivity contribution in [3.05, 3.63) is 29.8 Å². The quantitative estimate of drug-likeness (QED) is 0.396. The van der Waals surface area contributed by atoms with Gasteiger partial charge < -0.3 is 0 Å². The fourth-order valence-corrected chi connectivity index (χ4v) is 10.1. The molecule has 5 heteroatoms. The van der Waals surface area contributed by atoms with Gasteiger partial charge in [-0.15, -0.1) is 3.97 Å². The largest absolute Gasteiger partial charge is 0.328 e. The summed E-state index contributed by atoms with van der Waals surface area (Å²) < 4.78 is 32.2. The van der Waals surface area contributed by atoms with E-state index in [1.165, 1.54) is 0 Å². The van der Waals surface area contributed by atoms with Crippen LogP contribution in [0.25, 0.3) is 0 Å². The van der Waals surface area contributed by atoms with Crippen LogP contribution in [0.1, 0.15) is 66.4 Å². The van der Waals surface area contributed by atoms with Crippen LogP contribution in [0.4, 0.5) is 0 Å². The second-order valence-corrected chi connectivity index (χ2v) is 15.3. The van der Waals surface area contributed by atoms with Gasteiger partial charge in [0.05, 0.1) is 18.2 Å². The average Bonchev–Trinajstić information content (AvgIpc) is 2.43. The van der Waals surface area contributed by atoms with E-state index in [0.29, 0.717) is 17.8 Å². The molecule has 0 saturated heterocycles. The fraction of sp³-hybridized carbons (Fsp3) is 0.727. The smallest absolute Gasteiger partial charge is 0.191 e. The van der Waals surface area contributed by atoms with Crippen molar-refractivity contribution in [2.75, 3.05) is 13.3 Å². The summed E-state index contributed by atoms with van der Waals surface area (Å²) in [4.78, 5) is 0.258. The Morgan fingerprint density at radius 2 is 1.22 bits per heavy atom. The van der Waals surface area contributed by atoms with E-state index in [4.69, 9.17) is 3.97 Å². The van der Waals surface area contributed by atoms with Gasteiger partial charge in [-0.3, -0.25) is 0 Å². The van der Waals surface area contributed by atoms with E-state index < -0.39 is 17.6 Å². The first-order chi connectivity index (χ1) is 12.2. The lowest BCUT2D eigenvalue weighted by atomic mass is 9.82. The Bertz CT molecular complexity index is 662. The van der Waals surface area contributed by atoms with E-state index in [2.05, 4.69) is 54.9 Å². The van der Waals surface area contributed by atoms with Gasteiger partial charge in [0, 0.05) is 0 Å². The van der Waals surface area contributed by atoms with Gasteiger partial charge in [-0.1, -0.05) is 59.2 Å². The normalized spacial score (nSPS) is 13.8. The molecule has 3 nitrogen and oxygen atoms in total. The zero-order valence-electron chi connectivity index (χ0n) is 18.7. The van der Waals surface area contributed by atoms with Crippen LogP contribution < -0.4 is 0 Å². The third-order valence-corrected chi connectivity index (χ3v) is 11.1. The summed E-state index contributed by atoms with van der Waals surface area (Å²) in [6.07, 6.45) is 2.98. The Hall–Kier alpha value is -0.440. The molecule has 0 aromatic heterocycles. The summed E-state index contributed by atoms with van der Waals surface area (Å²) >= 11 is 0. The molecule has 0 aliphatic carbocycles. The molecule has 0 N–H and O–H groups in total. The predicted molar refractivity (Wildman–Crippen MR) is 119 cm³/mol. The first-order valence-corrected chi connectivity index (χ1v) is 14.1. The molecular formula is C22H40O3PS+. The lowest BCUT2D eigenvalue weighted by molar-refractivity contribution is 0.306. The highest BCUT2D eigenvalue weighted by Crippen LogP contribution is 2.71. The van der Waals surface area contributed by atoms with E-state index in [1.54, 1.807) is 12.1 Å². The van der Waals surface area contributed by atoms with Crippen molar-refractivity contribution in [2.24, 2.45) is 17.8 Å². The molecule has 1 aromatic carbocycles. The number of rotatable bonds is 10. The van der Waals surface area contributed by atoms with Crippen molar-refractivity contribution >= 4 is 17.6 Å². The van der Waals surface area contributed by atoms with Crippen molar-refractivity contribution in [3.63, 3.8) is 0 Å². The maximum absolute atomic E-state index is 13.1. The second kappa shape index (κ2) is 9.37. The SMILES string of the molecule is Cc1ccc(S(=O)(=O)O[P+](C)(C)C(CC(C)C)(CC(C)C)CC(C)C)cc1. The summed E-state index contributed by atoms with van der Waals surface area (Å²) in [5.41, 5.74) is 1.04. The van der Waals surface area contributed by atoms with Crippen molar-refractivity contribution < 1.29 is 12.4 Å². The van der Waals surface area contributed by atoms with Crippen LogP contribution >= 0.6 is 7.49 Å². The molecule has 0 unspecified atom stereocenters. The van der Waals surface area contributed by atoms with Crippen LogP contribution in [-0.4, -0.2) is 26.9 Å². The van der Waals surface area contributed by atoms with Gasteiger partial charge in [-0.2, -0.15) is 8.42 Å². The molecule has 0 saturated carbocycles. The lowest BCUT2D eigenvalue weighted by Crippen LogP contribution is -2.38. The molecule has 0 aliphatic rings. The van der Waals surface area contributed by atoms with Gasteiger partial charge in [-0.25, -0.2) is 0 Å². The molecular weight excluding hydrogens is 375 g/mol. The fourth-order valence-electron chi connectivity index (χ4n) is 4.26. The van der Waals surface area contributed by atoms with Crippen LogP contribution in [0.15, 0.2) is 29.2 Å². The zero-order valence-corrected chi connectivity index (χ0v) is 20.5. The van der Waals surface area contributed by atoms with Gasteiger partial charge in [0.2, 0.25) is 0 Å². The third kappa shape index (κ3) is 6.84. The van der Waals surface area contributed by atoms with Crippen LogP contribution in [0.3, 0.4) is 0 Å². The first-order valence-electron chi connectivity index (χ1n) is 10.1. The van der Waals surface area contributed by atoms with E-state index in [1.807, 2.05) is 19.1 Å². The summed E-state index contributed by atoms with van der Waals surface area (Å²) in [5, 5.41) is -0.0960. The maximum atomic E-state index is 13.1. The van der Waals surface area contributed by atoms with Crippen molar-refractivity contribution in [3.8, 4) is 0 Å². The minimum absolute atomic E-state index is 0.0960. The van der Waals surface area contributed by atoms with Crippen molar-refractivity contribution in [1.29, 1.82) is 0 Å². The number of hydrogen-bond donors (Lipinski definition) is 0. The predicted octanol–water partition coefficient (Wildman–Crippen LogP) is 6.77. The van der Waals surface area contributed by atoms with Crippen molar-refractivity contribution in [1.82, 2.24) is 0 Å². The van der Waals surface area contributed by atoms with Crippen LogP contribution in [0, 0.1) is 24.7 Å². The van der Waals surface area contributed by atoms with Gasteiger partial charge in [-0.05, 0) is 56.1 Å². The van der Waals surface area contributed by atoms with Gasteiger partial charge >= 0.3 is 10.1 Å².